The molecule has 172 valence electrons. The fourth-order valence-electron chi connectivity index (χ4n) is 4.00. The van der Waals surface area contributed by atoms with Crippen LogP contribution in [-0.4, -0.2) is 61.6 Å². The van der Waals surface area contributed by atoms with Gasteiger partial charge in [-0.3, -0.25) is 4.79 Å². The molecule has 2 aromatic carbocycles. The summed E-state index contributed by atoms with van der Waals surface area (Å²) in [5, 5.41) is 4.59. The van der Waals surface area contributed by atoms with Crippen molar-refractivity contribution in [2.24, 2.45) is 0 Å². The Morgan fingerprint density at radius 3 is 2.55 bits per heavy atom. The molecule has 9 nitrogen and oxygen atoms in total. The van der Waals surface area contributed by atoms with Crippen LogP contribution in [0.2, 0.25) is 5.02 Å². The van der Waals surface area contributed by atoms with Crippen LogP contribution in [0.1, 0.15) is 18.2 Å². The number of sulfonamides is 1. The lowest BCUT2D eigenvalue weighted by Crippen LogP contribution is -2.40. The topological polar surface area (TPSA) is 106 Å². The Morgan fingerprint density at radius 2 is 1.82 bits per heavy atom. The number of anilines is 1. The van der Waals surface area contributed by atoms with E-state index in [-0.39, 0.29) is 23.1 Å². The molecule has 0 saturated carbocycles. The molecule has 2 saturated heterocycles. The number of nitrogens with zero attached hydrogens (tertiary/aromatic N) is 4. The van der Waals surface area contributed by atoms with E-state index in [0.29, 0.717) is 55.1 Å². The van der Waals surface area contributed by atoms with Gasteiger partial charge in [-0.1, -0.05) is 22.8 Å². The minimum Gasteiger partial charge on any atom is -0.379 e. The van der Waals surface area contributed by atoms with Crippen LogP contribution < -0.4 is 4.90 Å². The molecule has 11 heteroatoms. The van der Waals surface area contributed by atoms with Crippen LogP contribution in [0.3, 0.4) is 0 Å². The summed E-state index contributed by atoms with van der Waals surface area (Å²) in [6.45, 7) is 1.87. The van der Waals surface area contributed by atoms with Crippen molar-refractivity contribution in [3.05, 3.63) is 59.4 Å². The zero-order valence-electron chi connectivity index (χ0n) is 17.6. The van der Waals surface area contributed by atoms with Gasteiger partial charge >= 0.3 is 0 Å². The Labute approximate surface area is 195 Å². The van der Waals surface area contributed by atoms with E-state index in [4.69, 9.17) is 20.9 Å². The van der Waals surface area contributed by atoms with Crippen molar-refractivity contribution in [2.45, 2.75) is 17.2 Å². The summed E-state index contributed by atoms with van der Waals surface area (Å²) in [4.78, 5) is 18.9. The molecule has 5 rings (SSSR count). The lowest BCUT2D eigenvalue weighted by atomic mass is 10.1. The molecule has 3 aromatic rings. The number of morpholine rings is 1. The predicted molar refractivity (Wildman–Crippen MR) is 120 cm³/mol. The summed E-state index contributed by atoms with van der Waals surface area (Å²) in [6.07, 6.45) is 0.255. The van der Waals surface area contributed by atoms with Crippen molar-refractivity contribution in [1.29, 1.82) is 0 Å². The zero-order valence-corrected chi connectivity index (χ0v) is 19.1. The van der Waals surface area contributed by atoms with Gasteiger partial charge in [-0.2, -0.15) is 9.29 Å². The quantitative estimate of drug-likeness (QED) is 0.543. The Bertz CT molecular complexity index is 1270. The van der Waals surface area contributed by atoms with Crippen LogP contribution in [0.4, 0.5) is 5.69 Å². The van der Waals surface area contributed by atoms with Crippen molar-refractivity contribution in [2.75, 3.05) is 37.7 Å². The first-order valence-electron chi connectivity index (χ1n) is 10.5. The molecule has 0 N–H and O–H groups in total. The van der Waals surface area contributed by atoms with Crippen molar-refractivity contribution >= 4 is 33.2 Å². The van der Waals surface area contributed by atoms with Crippen LogP contribution in [0, 0.1) is 0 Å². The maximum atomic E-state index is 12.8. The van der Waals surface area contributed by atoms with Crippen LogP contribution in [-0.2, 0) is 19.6 Å². The molecule has 0 spiro atoms. The Morgan fingerprint density at radius 1 is 1.06 bits per heavy atom. The Hall–Kier alpha value is -2.79. The van der Waals surface area contributed by atoms with Gasteiger partial charge in [0.25, 0.3) is 0 Å². The van der Waals surface area contributed by atoms with Gasteiger partial charge in [0.05, 0.1) is 24.0 Å². The summed E-state index contributed by atoms with van der Waals surface area (Å²) >= 11 is 6.05. The van der Waals surface area contributed by atoms with E-state index in [9.17, 15) is 13.2 Å². The van der Waals surface area contributed by atoms with Crippen LogP contribution >= 0.6 is 11.6 Å². The van der Waals surface area contributed by atoms with Crippen LogP contribution in [0.25, 0.3) is 11.4 Å². The number of hydrogen-bond donors (Lipinski definition) is 0. The highest BCUT2D eigenvalue weighted by atomic mass is 35.5. The van der Waals surface area contributed by atoms with Gasteiger partial charge in [0, 0.05) is 42.3 Å². The van der Waals surface area contributed by atoms with Gasteiger partial charge in [0.1, 0.15) is 0 Å². The van der Waals surface area contributed by atoms with E-state index >= 15 is 0 Å². The van der Waals surface area contributed by atoms with Crippen molar-refractivity contribution in [3.63, 3.8) is 0 Å². The second kappa shape index (κ2) is 8.86. The van der Waals surface area contributed by atoms with E-state index in [2.05, 4.69) is 10.1 Å². The molecule has 2 aliphatic rings. The smallest absolute Gasteiger partial charge is 0.243 e. The summed E-state index contributed by atoms with van der Waals surface area (Å²) in [6, 6.07) is 13.5. The molecule has 0 aliphatic carbocycles. The average molecular weight is 489 g/mol. The second-order valence-electron chi connectivity index (χ2n) is 7.88. The number of aromatic nitrogens is 2. The minimum absolute atomic E-state index is 0.0420. The second-order valence-corrected chi connectivity index (χ2v) is 10.3. The maximum absolute atomic E-state index is 12.8. The molecule has 2 fully saturated rings. The van der Waals surface area contributed by atoms with Crippen LogP contribution in [0.5, 0.6) is 0 Å². The highest BCUT2D eigenvalue weighted by molar-refractivity contribution is 7.89. The van der Waals surface area contributed by atoms with E-state index < -0.39 is 10.0 Å². The SMILES string of the molecule is O=C1CC(c2nc(-c3ccc(S(=O)(=O)N4CCOCC4)cc3)no2)CN1c1cccc(Cl)c1. The molecule has 1 atom stereocenters. The largest absolute Gasteiger partial charge is 0.379 e. The first kappa shape index (κ1) is 22.0. The van der Waals surface area contributed by atoms with Crippen molar-refractivity contribution in [3.8, 4) is 11.4 Å². The number of halogens is 1. The highest BCUT2D eigenvalue weighted by Gasteiger charge is 2.35. The first-order chi connectivity index (χ1) is 15.9. The summed E-state index contributed by atoms with van der Waals surface area (Å²) in [5.41, 5.74) is 1.36. The number of rotatable bonds is 5. The number of amides is 1. The summed E-state index contributed by atoms with van der Waals surface area (Å²) < 4.78 is 37.7. The third kappa shape index (κ3) is 4.39. The average Bonchev–Trinajstić information content (AvgIpc) is 3.47. The molecule has 1 unspecified atom stereocenters. The molecule has 33 heavy (non-hydrogen) atoms. The Kier molecular flexibility index (Phi) is 5.92. The van der Waals surface area contributed by atoms with E-state index in [0.717, 1.165) is 5.69 Å². The highest BCUT2D eigenvalue weighted by Crippen LogP contribution is 2.33. The number of carbonyl (C=O) groups excluding carboxylic acids is 1. The zero-order chi connectivity index (χ0) is 23.0. The Balaban J connectivity index is 1.31. The van der Waals surface area contributed by atoms with Gasteiger partial charge in [-0.25, -0.2) is 8.42 Å². The molecule has 1 aromatic heterocycles. The fraction of sp³-hybridized carbons (Fsp3) is 0.318. The van der Waals surface area contributed by atoms with E-state index in [1.807, 2.05) is 6.07 Å². The standard InChI is InChI=1S/C22H21ClN4O5S/c23-17-2-1-3-18(13-17)27-14-16(12-20(27)28)22-24-21(25-32-22)15-4-6-19(7-5-15)33(29,30)26-8-10-31-11-9-26/h1-7,13,16H,8-12,14H2. The lowest BCUT2D eigenvalue weighted by Gasteiger charge is -2.26. The van der Waals surface area contributed by atoms with Crippen LogP contribution in [0.15, 0.2) is 57.9 Å². The molecule has 2 aliphatic heterocycles. The maximum Gasteiger partial charge on any atom is 0.243 e. The molecule has 0 bridgehead atoms. The van der Waals surface area contributed by atoms with Gasteiger partial charge in [-0.05, 0) is 42.5 Å². The number of ether oxygens (including phenoxy) is 1. The number of carbonyl (C=O) groups is 1. The minimum atomic E-state index is -3.57. The molecular weight excluding hydrogens is 468 g/mol. The van der Waals surface area contributed by atoms with E-state index in [1.54, 1.807) is 35.2 Å². The lowest BCUT2D eigenvalue weighted by molar-refractivity contribution is -0.117. The number of hydrogen-bond acceptors (Lipinski definition) is 7. The first-order valence-corrected chi connectivity index (χ1v) is 12.3. The third-order valence-corrected chi connectivity index (χ3v) is 7.90. The third-order valence-electron chi connectivity index (χ3n) is 5.76. The van der Waals surface area contributed by atoms with Gasteiger partial charge < -0.3 is 14.2 Å². The predicted octanol–water partition coefficient (Wildman–Crippen LogP) is 2.93. The fourth-order valence-corrected chi connectivity index (χ4v) is 5.59. The van der Waals surface area contributed by atoms with Gasteiger partial charge in [-0.15, -0.1) is 0 Å². The molecule has 3 heterocycles. The molecular formula is C22H21ClN4O5S. The monoisotopic (exact) mass is 488 g/mol. The summed E-state index contributed by atoms with van der Waals surface area (Å²) in [7, 11) is -3.57. The molecule has 1 amide bonds. The molecule has 0 radical (unpaired) electrons. The van der Waals surface area contributed by atoms with Crippen molar-refractivity contribution < 1.29 is 22.5 Å². The summed E-state index contributed by atoms with van der Waals surface area (Å²) in [5.74, 6) is 0.431. The normalized spacial score (nSPS) is 19.8. The van der Waals surface area contributed by atoms with Crippen molar-refractivity contribution in [1.82, 2.24) is 14.4 Å². The van der Waals surface area contributed by atoms with Gasteiger partial charge in [0.15, 0.2) is 0 Å². The van der Waals surface area contributed by atoms with Gasteiger partial charge in [0.2, 0.25) is 27.6 Å². The number of benzene rings is 2. The van der Waals surface area contributed by atoms with E-state index in [1.165, 1.54) is 16.4 Å².